The summed E-state index contributed by atoms with van der Waals surface area (Å²) < 4.78 is 0. The van der Waals surface area contributed by atoms with Gasteiger partial charge in [-0.2, -0.15) is 0 Å². The standard InChI is InChI=1S/C15H17N2O4/c1-9-2-7-12(15(19)20)13(8-9)14(18)16-10-3-5-11(17-21)6-4-10/h2-6,12-13,17H,7-8H2,1H3,(H,16,18)(H,19,20)/q-1. The molecule has 21 heavy (non-hydrogen) atoms. The summed E-state index contributed by atoms with van der Waals surface area (Å²) >= 11 is 0. The molecule has 6 nitrogen and oxygen atoms in total. The van der Waals surface area contributed by atoms with E-state index >= 15 is 0 Å². The van der Waals surface area contributed by atoms with E-state index in [4.69, 9.17) is 0 Å². The zero-order valence-electron chi connectivity index (χ0n) is 11.6. The third-order valence-corrected chi connectivity index (χ3v) is 3.67. The van der Waals surface area contributed by atoms with E-state index in [2.05, 4.69) is 5.32 Å². The SMILES string of the molecule is CC1=CCC(C(=O)O)C(C(=O)Nc2ccc(N[O-])cc2)C1. The normalized spacial score (nSPS) is 21.3. The molecule has 0 bridgehead atoms. The van der Waals surface area contributed by atoms with Gasteiger partial charge in [0.05, 0.1) is 11.8 Å². The minimum Gasteiger partial charge on any atom is -0.761 e. The Hall–Kier alpha value is -2.34. The highest BCUT2D eigenvalue weighted by molar-refractivity contribution is 5.95. The molecule has 1 aromatic carbocycles. The van der Waals surface area contributed by atoms with Gasteiger partial charge in [-0.3, -0.25) is 9.59 Å². The summed E-state index contributed by atoms with van der Waals surface area (Å²) in [5, 5.41) is 22.4. The van der Waals surface area contributed by atoms with Crippen molar-refractivity contribution in [3.05, 3.63) is 41.1 Å². The van der Waals surface area contributed by atoms with Crippen molar-refractivity contribution in [3.8, 4) is 0 Å². The number of amides is 1. The molecule has 6 heteroatoms. The van der Waals surface area contributed by atoms with Gasteiger partial charge in [0, 0.05) is 11.4 Å². The second kappa shape index (κ2) is 6.41. The topological polar surface area (TPSA) is 101 Å². The van der Waals surface area contributed by atoms with Gasteiger partial charge in [-0.05, 0) is 44.0 Å². The second-order valence-corrected chi connectivity index (χ2v) is 5.21. The molecule has 2 unspecified atom stereocenters. The maximum atomic E-state index is 12.3. The van der Waals surface area contributed by atoms with E-state index < -0.39 is 17.8 Å². The van der Waals surface area contributed by atoms with Gasteiger partial charge in [0.15, 0.2) is 0 Å². The van der Waals surface area contributed by atoms with Crippen LogP contribution in [0.4, 0.5) is 11.4 Å². The van der Waals surface area contributed by atoms with E-state index in [1.54, 1.807) is 29.7 Å². The lowest BCUT2D eigenvalue weighted by Crippen LogP contribution is -2.35. The molecule has 2 atom stereocenters. The molecular weight excluding hydrogens is 272 g/mol. The Bertz CT molecular complexity index is 566. The summed E-state index contributed by atoms with van der Waals surface area (Å²) in [6.07, 6.45) is 2.69. The summed E-state index contributed by atoms with van der Waals surface area (Å²) in [5.74, 6) is -2.54. The van der Waals surface area contributed by atoms with Gasteiger partial charge in [-0.25, -0.2) is 0 Å². The van der Waals surface area contributed by atoms with Gasteiger partial charge in [-0.15, -0.1) is 0 Å². The maximum absolute atomic E-state index is 12.3. The molecule has 0 aromatic heterocycles. The summed E-state index contributed by atoms with van der Waals surface area (Å²) in [6.45, 7) is 1.90. The minimum atomic E-state index is -0.954. The third kappa shape index (κ3) is 3.61. The van der Waals surface area contributed by atoms with Gasteiger partial charge in [0.1, 0.15) is 0 Å². The van der Waals surface area contributed by atoms with Crippen molar-refractivity contribution in [2.45, 2.75) is 19.8 Å². The number of anilines is 2. The summed E-state index contributed by atoms with van der Waals surface area (Å²) in [4.78, 5) is 23.6. The van der Waals surface area contributed by atoms with Gasteiger partial charge >= 0.3 is 5.97 Å². The van der Waals surface area contributed by atoms with Gasteiger partial charge in [0.2, 0.25) is 5.91 Å². The predicted octanol–water partition coefficient (Wildman–Crippen LogP) is 2.59. The van der Waals surface area contributed by atoms with Crippen LogP contribution < -0.4 is 10.8 Å². The first-order valence-electron chi connectivity index (χ1n) is 6.69. The highest BCUT2D eigenvalue weighted by Gasteiger charge is 2.35. The number of hydrogen-bond donors (Lipinski definition) is 3. The summed E-state index contributed by atoms with van der Waals surface area (Å²) in [6, 6.07) is 6.28. The quantitative estimate of drug-likeness (QED) is 0.584. The first kappa shape index (κ1) is 15.1. The number of carbonyl (C=O) groups excluding carboxylic acids is 1. The van der Waals surface area contributed by atoms with E-state index in [0.717, 1.165) is 5.57 Å². The van der Waals surface area contributed by atoms with E-state index in [9.17, 15) is 19.9 Å². The van der Waals surface area contributed by atoms with Crippen molar-refractivity contribution >= 4 is 23.3 Å². The number of carboxylic acid groups (broad SMARTS) is 1. The smallest absolute Gasteiger partial charge is 0.307 e. The number of nitrogens with one attached hydrogen (secondary N) is 2. The van der Waals surface area contributed by atoms with Crippen LogP contribution in [0.5, 0.6) is 0 Å². The molecule has 0 saturated heterocycles. The lowest BCUT2D eigenvalue weighted by molar-refractivity contribution is -0.146. The average molecular weight is 289 g/mol. The van der Waals surface area contributed by atoms with Crippen LogP contribution in [0.25, 0.3) is 0 Å². The van der Waals surface area contributed by atoms with Crippen molar-refractivity contribution in [2.24, 2.45) is 11.8 Å². The van der Waals surface area contributed by atoms with Crippen LogP contribution in [0.15, 0.2) is 35.9 Å². The van der Waals surface area contributed by atoms with Crippen LogP contribution in [0.1, 0.15) is 19.8 Å². The molecule has 3 N–H and O–H groups in total. The van der Waals surface area contributed by atoms with Crippen LogP contribution in [-0.2, 0) is 9.59 Å². The Morgan fingerprint density at radius 2 is 1.81 bits per heavy atom. The Balaban J connectivity index is 2.10. The largest absolute Gasteiger partial charge is 0.761 e. The molecule has 0 fully saturated rings. The molecule has 1 aliphatic rings. The molecule has 0 spiro atoms. The Morgan fingerprint density at radius 1 is 1.19 bits per heavy atom. The first-order chi connectivity index (χ1) is 10.0. The third-order valence-electron chi connectivity index (χ3n) is 3.67. The number of benzene rings is 1. The van der Waals surface area contributed by atoms with Crippen LogP contribution in [-0.4, -0.2) is 17.0 Å². The highest BCUT2D eigenvalue weighted by Crippen LogP contribution is 2.31. The van der Waals surface area contributed by atoms with E-state index in [1.807, 2.05) is 13.0 Å². The summed E-state index contributed by atoms with van der Waals surface area (Å²) in [7, 11) is 0. The molecule has 1 aliphatic carbocycles. The summed E-state index contributed by atoms with van der Waals surface area (Å²) in [5.41, 5.74) is 3.71. The number of rotatable bonds is 4. The van der Waals surface area contributed by atoms with Crippen molar-refractivity contribution in [2.75, 3.05) is 10.8 Å². The van der Waals surface area contributed by atoms with Crippen LogP contribution in [0.3, 0.4) is 0 Å². The Morgan fingerprint density at radius 3 is 2.38 bits per heavy atom. The fraction of sp³-hybridized carbons (Fsp3) is 0.333. The van der Waals surface area contributed by atoms with Crippen LogP contribution >= 0.6 is 0 Å². The number of carbonyl (C=O) groups is 2. The van der Waals surface area contributed by atoms with E-state index in [-0.39, 0.29) is 5.91 Å². The monoisotopic (exact) mass is 289 g/mol. The average Bonchev–Trinajstić information content (AvgIpc) is 2.47. The molecule has 112 valence electrons. The fourth-order valence-electron chi connectivity index (χ4n) is 2.47. The number of carboxylic acids is 1. The van der Waals surface area contributed by atoms with Crippen molar-refractivity contribution in [3.63, 3.8) is 0 Å². The zero-order chi connectivity index (χ0) is 15.4. The maximum Gasteiger partial charge on any atom is 0.307 e. The van der Waals surface area contributed by atoms with Crippen molar-refractivity contribution < 1.29 is 14.7 Å². The lowest BCUT2D eigenvalue weighted by Gasteiger charge is -2.26. The van der Waals surface area contributed by atoms with Crippen LogP contribution in [0, 0.1) is 17.0 Å². The van der Waals surface area contributed by atoms with Crippen molar-refractivity contribution in [1.29, 1.82) is 0 Å². The van der Waals surface area contributed by atoms with Crippen molar-refractivity contribution in [1.82, 2.24) is 0 Å². The minimum absolute atomic E-state index is 0.308. The lowest BCUT2D eigenvalue weighted by atomic mass is 9.79. The molecule has 0 aliphatic heterocycles. The molecule has 0 heterocycles. The number of allylic oxidation sites excluding steroid dienone is 2. The van der Waals surface area contributed by atoms with Gasteiger partial charge in [-0.1, -0.05) is 11.6 Å². The number of hydrogen-bond acceptors (Lipinski definition) is 4. The second-order valence-electron chi connectivity index (χ2n) is 5.21. The highest BCUT2D eigenvalue weighted by atomic mass is 16.5. The van der Waals surface area contributed by atoms with Gasteiger partial charge in [0.25, 0.3) is 0 Å². The number of aliphatic carboxylic acids is 1. The first-order valence-corrected chi connectivity index (χ1v) is 6.69. The van der Waals surface area contributed by atoms with E-state index in [0.29, 0.717) is 24.2 Å². The Kier molecular flexibility index (Phi) is 4.59. The molecule has 1 amide bonds. The molecule has 0 radical (unpaired) electrons. The molecular formula is C15H17N2O4-. The van der Waals surface area contributed by atoms with Gasteiger partial charge < -0.3 is 21.1 Å². The van der Waals surface area contributed by atoms with E-state index in [1.165, 1.54) is 0 Å². The predicted molar refractivity (Wildman–Crippen MR) is 79.7 cm³/mol. The Labute approximate surface area is 122 Å². The molecule has 0 saturated carbocycles. The zero-order valence-corrected chi connectivity index (χ0v) is 11.6. The van der Waals surface area contributed by atoms with Crippen LogP contribution in [0.2, 0.25) is 0 Å². The fourth-order valence-corrected chi connectivity index (χ4v) is 2.47. The molecule has 2 rings (SSSR count). The molecule has 1 aromatic rings.